The first-order valence-electron chi connectivity index (χ1n) is 8.95. The number of rotatable bonds is 7. The lowest BCUT2D eigenvalue weighted by Gasteiger charge is -2.17. The smallest absolute Gasteiger partial charge is 0.145 e. The number of benzene rings is 3. The van der Waals surface area contributed by atoms with E-state index in [2.05, 4.69) is 55.5 Å². The largest absolute Gasteiger partial charge is 0.299 e. The van der Waals surface area contributed by atoms with Gasteiger partial charge in [0, 0.05) is 12.3 Å². The Bertz CT molecular complexity index is 806. The van der Waals surface area contributed by atoms with Crippen LogP contribution in [0.3, 0.4) is 0 Å². The molecule has 0 bridgehead atoms. The number of carbonyl (C=O) groups excluding carboxylic acids is 1. The van der Waals surface area contributed by atoms with E-state index >= 15 is 0 Å². The van der Waals surface area contributed by atoms with Crippen molar-refractivity contribution in [1.29, 1.82) is 0 Å². The summed E-state index contributed by atoms with van der Waals surface area (Å²) in [5, 5.41) is 0. The summed E-state index contributed by atoms with van der Waals surface area (Å²) in [5.41, 5.74) is 4.69. The Kier molecular flexibility index (Phi) is 5.79. The van der Waals surface area contributed by atoms with Gasteiger partial charge in [-0.25, -0.2) is 0 Å². The van der Waals surface area contributed by atoms with Crippen LogP contribution in [0.4, 0.5) is 0 Å². The fourth-order valence-corrected chi connectivity index (χ4v) is 3.24. The SMILES string of the molecule is CCc1cccc(CC(=O)C(Cc2ccccc2)c2ccccc2)c1. The van der Waals surface area contributed by atoms with Crippen molar-refractivity contribution in [2.24, 2.45) is 0 Å². The van der Waals surface area contributed by atoms with E-state index in [1.165, 1.54) is 11.1 Å². The Morgan fingerprint density at radius 1 is 0.760 bits per heavy atom. The van der Waals surface area contributed by atoms with Gasteiger partial charge in [-0.15, -0.1) is 0 Å². The second-order valence-electron chi connectivity index (χ2n) is 6.47. The van der Waals surface area contributed by atoms with Crippen molar-refractivity contribution in [2.75, 3.05) is 0 Å². The highest BCUT2D eigenvalue weighted by molar-refractivity contribution is 5.88. The molecular formula is C24H24O. The minimum Gasteiger partial charge on any atom is -0.299 e. The molecule has 0 aliphatic carbocycles. The van der Waals surface area contributed by atoms with Crippen molar-refractivity contribution in [2.45, 2.75) is 32.1 Å². The second-order valence-corrected chi connectivity index (χ2v) is 6.47. The van der Waals surface area contributed by atoms with Crippen molar-refractivity contribution in [3.63, 3.8) is 0 Å². The van der Waals surface area contributed by atoms with Crippen LogP contribution >= 0.6 is 0 Å². The zero-order chi connectivity index (χ0) is 17.5. The molecule has 126 valence electrons. The summed E-state index contributed by atoms with van der Waals surface area (Å²) in [5.74, 6) is 0.178. The van der Waals surface area contributed by atoms with Crippen LogP contribution in [0.15, 0.2) is 84.9 Å². The molecule has 0 spiro atoms. The van der Waals surface area contributed by atoms with Crippen molar-refractivity contribution in [3.8, 4) is 0 Å². The molecule has 0 N–H and O–H groups in total. The van der Waals surface area contributed by atoms with Gasteiger partial charge < -0.3 is 0 Å². The second kappa shape index (κ2) is 8.43. The first-order chi connectivity index (χ1) is 12.3. The van der Waals surface area contributed by atoms with E-state index in [1.54, 1.807) is 0 Å². The van der Waals surface area contributed by atoms with Gasteiger partial charge in [0.15, 0.2) is 0 Å². The molecule has 3 aromatic carbocycles. The molecule has 0 aliphatic rings. The van der Waals surface area contributed by atoms with Crippen molar-refractivity contribution in [1.82, 2.24) is 0 Å². The molecule has 0 saturated carbocycles. The van der Waals surface area contributed by atoms with Gasteiger partial charge in [0.25, 0.3) is 0 Å². The lowest BCUT2D eigenvalue weighted by molar-refractivity contribution is -0.119. The van der Waals surface area contributed by atoms with Gasteiger partial charge in [0.05, 0.1) is 0 Å². The van der Waals surface area contributed by atoms with Gasteiger partial charge in [-0.2, -0.15) is 0 Å². The fraction of sp³-hybridized carbons (Fsp3) is 0.208. The van der Waals surface area contributed by atoms with E-state index in [4.69, 9.17) is 0 Å². The highest BCUT2D eigenvalue weighted by Crippen LogP contribution is 2.24. The first kappa shape index (κ1) is 17.2. The van der Waals surface area contributed by atoms with Gasteiger partial charge >= 0.3 is 0 Å². The third-order valence-electron chi connectivity index (χ3n) is 4.65. The minimum absolute atomic E-state index is 0.103. The van der Waals surface area contributed by atoms with Gasteiger partial charge in [-0.1, -0.05) is 91.9 Å². The molecule has 3 rings (SSSR count). The number of Topliss-reactive ketones (excluding diaryl/α,β-unsaturated/α-hetero) is 1. The molecule has 0 radical (unpaired) electrons. The Morgan fingerprint density at radius 3 is 2.04 bits per heavy atom. The summed E-state index contributed by atoms with van der Waals surface area (Å²) in [6.45, 7) is 2.14. The molecule has 3 aromatic rings. The molecule has 1 nitrogen and oxygen atoms in total. The lowest BCUT2D eigenvalue weighted by Crippen LogP contribution is -2.17. The van der Waals surface area contributed by atoms with Gasteiger partial charge in [-0.05, 0) is 35.1 Å². The zero-order valence-corrected chi connectivity index (χ0v) is 14.7. The maximum absolute atomic E-state index is 13.1. The van der Waals surface area contributed by atoms with E-state index in [1.807, 2.05) is 36.4 Å². The maximum Gasteiger partial charge on any atom is 0.145 e. The van der Waals surface area contributed by atoms with E-state index in [0.717, 1.165) is 24.0 Å². The molecule has 25 heavy (non-hydrogen) atoms. The quantitative estimate of drug-likeness (QED) is 0.568. The van der Waals surface area contributed by atoms with Gasteiger partial charge in [-0.3, -0.25) is 4.79 Å². The van der Waals surface area contributed by atoms with Crippen LogP contribution in [0.25, 0.3) is 0 Å². The molecule has 0 fully saturated rings. The predicted octanol–water partition coefficient (Wildman–Crippen LogP) is 5.39. The van der Waals surface area contributed by atoms with E-state index in [-0.39, 0.29) is 11.7 Å². The van der Waals surface area contributed by atoms with E-state index < -0.39 is 0 Å². The predicted molar refractivity (Wildman–Crippen MR) is 104 cm³/mol. The van der Waals surface area contributed by atoms with Gasteiger partial charge in [0.2, 0.25) is 0 Å². The van der Waals surface area contributed by atoms with Crippen molar-refractivity contribution in [3.05, 3.63) is 107 Å². The summed E-state index contributed by atoms with van der Waals surface area (Å²) in [6.07, 6.45) is 2.23. The Balaban J connectivity index is 1.84. The Morgan fingerprint density at radius 2 is 1.36 bits per heavy atom. The standard InChI is InChI=1S/C24H24O/c1-2-19-12-9-13-21(16-19)18-24(25)23(22-14-7-4-8-15-22)17-20-10-5-3-6-11-20/h3-16,23H,2,17-18H2,1H3. The van der Waals surface area contributed by atoms with Crippen molar-refractivity contribution >= 4 is 5.78 Å². The number of ketones is 1. The summed E-state index contributed by atoms with van der Waals surface area (Å²) >= 11 is 0. The molecule has 1 atom stereocenters. The van der Waals surface area contributed by atoms with Crippen LogP contribution in [-0.2, 0) is 24.1 Å². The van der Waals surface area contributed by atoms with Crippen LogP contribution < -0.4 is 0 Å². The lowest BCUT2D eigenvalue weighted by atomic mass is 9.86. The van der Waals surface area contributed by atoms with Crippen LogP contribution in [0.2, 0.25) is 0 Å². The number of hydrogen-bond donors (Lipinski definition) is 0. The highest BCUT2D eigenvalue weighted by Gasteiger charge is 2.21. The monoisotopic (exact) mass is 328 g/mol. The zero-order valence-electron chi connectivity index (χ0n) is 14.7. The third-order valence-corrected chi connectivity index (χ3v) is 4.65. The van der Waals surface area contributed by atoms with E-state index in [9.17, 15) is 4.79 Å². The van der Waals surface area contributed by atoms with Crippen molar-refractivity contribution < 1.29 is 4.79 Å². The maximum atomic E-state index is 13.1. The summed E-state index contributed by atoms with van der Waals surface area (Å²) in [4.78, 5) is 13.1. The van der Waals surface area contributed by atoms with Crippen LogP contribution in [0.1, 0.15) is 35.1 Å². The molecule has 1 heteroatoms. The Hall–Kier alpha value is -2.67. The Labute approximate surface area is 150 Å². The average Bonchev–Trinajstić information content (AvgIpc) is 2.67. The van der Waals surface area contributed by atoms with Crippen LogP contribution in [0, 0.1) is 0 Å². The average molecular weight is 328 g/mol. The molecule has 0 heterocycles. The summed E-state index contributed by atoms with van der Waals surface area (Å²) in [6, 6.07) is 28.8. The third kappa shape index (κ3) is 4.67. The van der Waals surface area contributed by atoms with E-state index in [0.29, 0.717) is 6.42 Å². The molecule has 0 amide bonds. The number of hydrogen-bond acceptors (Lipinski definition) is 1. The normalized spacial score (nSPS) is 11.9. The molecule has 0 aromatic heterocycles. The molecule has 0 aliphatic heterocycles. The fourth-order valence-electron chi connectivity index (χ4n) is 3.24. The molecule has 0 saturated heterocycles. The summed E-state index contributed by atoms with van der Waals surface area (Å²) in [7, 11) is 0. The topological polar surface area (TPSA) is 17.1 Å². The van der Waals surface area contributed by atoms with Gasteiger partial charge in [0.1, 0.15) is 5.78 Å². The summed E-state index contributed by atoms with van der Waals surface area (Å²) < 4.78 is 0. The number of carbonyl (C=O) groups is 1. The van der Waals surface area contributed by atoms with Crippen LogP contribution in [0.5, 0.6) is 0 Å². The first-order valence-corrected chi connectivity index (χ1v) is 8.95. The number of aryl methyl sites for hydroxylation is 1. The van der Waals surface area contributed by atoms with Crippen LogP contribution in [-0.4, -0.2) is 5.78 Å². The molecular weight excluding hydrogens is 304 g/mol. The molecule has 1 unspecified atom stereocenters. The minimum atomic E-state index is -0.103. The highest BCUT2D eigenvalue weighted by atomic mass is 16.1.